The van der Waals surface area contributed by atoms with E-state index in [0.29, 0.717) is 0 Å². The van der Waals surface area contributed by atoms with Crippen LogP contribution in [0.5, 0.6) is 0 Å². The third kappa shape index (κ3) is 5.38. The van der Waals surface area contributed by atoms with Gasteiger partial charge in [0, 0.05) is 20.9 Å². The molecule has 0 bridgehead atoms. The zero-order valence-electron chi connectivity index (χ0n) is 9.21. The number of hydrogen-bond acceptors (Lipinski definition) is 3. The molecule has 1 aliphatic rings. The van der Waals surface area contributed by atoms with Gasteiger partial charge >= 0.3 is 6.18 Å². The van der Waals surface area contributed by atoms with Gasteiger partial charge in [-0.2, -0.15) is 17.7 Å². The van der Waals surface area contributed by atoms with Crippen molar-refractivity contribution in [2.45, 2.75) is 20.0 Å². The molecule has 0 aromatic heterocycles. The Morgan fingerprint density at radius 1 is 1.44 bits per heavy atom. The first-order valence-corrected chi connectivity index (χ1v) is 4.38. The molecule has 0 aromatic rings. The van der Waals surface area contributed by atoms with Crippen molar-refractivity contribution in [3.05, 3.63) is 12.4 Å². The summed E-state index contributed by atoms with van der Waals surface area (Å²) in [7, 11) is 2.07. The second-order valence-corrected chi connectivity index (χ2v) is 3.40. The van der Waals surface area contributed by atoms with Gasteiger partial charge in [0.1, 0.15) is 5.97 Å². The zero-order valence-corrected chi connectivity index (χ0v) is 9.21. The Morgan fingerprint density at radius 3 is 2.00 bits per heavy atom. The zero-order chi connectivity index (χ0) is 12.9. The van der Waals surface area contributed by atoms with Crippen LogP contribution in [0.4, 0.5) is 13.2 Å². The Labute approximate surface area is 91.3 Å². The average Bonchev–Trinajstić information content (AvgIpc) is 2.51. The van der Waals surface area contributed by atoms with Gasteiger partial charge in [0.25, 0.3) is 0 Å². The molecule has 16 heavy (non-hydrogen) atoms. The van der Waals surface area contributed by atoms with Gasteiger partial charge in [-0.1, -0.05) is 0 Å². The van der Waals surface area contributed by atoms with Gasteiger partial charge in [0.15, 0.2) is 11.9 Å². The lowest BCUT2D eigenvalue weighted by Crippen LogP contribution is -2.37. The van der Waals surface area contributed by atoms with E-state index in [0.717, 1.165) is 6.67 Å². The van der Waals surface area contributed by atoms with E-state index in [1.54, 1.807) is 0 Å². The number of carboxylic acid groups (broad SMARTS) is 1. The van der Waals surface area contributed by atoms with Gasteiger partial charge in [-0.05, 0) is 0 Å². The van der Waals surface area contributed by atoms with E-state index >= 15 is 0 Å². The molecule has 0 spiro atoms. The van der Waals surface area contributed by atoms with Crippen LogP contribution < -0.4 is 5.11 Å². The van der Waals surface area contributed by atoms with Crippen LogP contribution in [0.1, 0.15) is 13.8 Å². The lowest BCUT2D eigenvalue weighted by molar-refractivity contribution is -0.463. The minimum absolute atomic E-state index is 1.00. The molecule has 0 atom stereocenters. The van der Waals surface area contributed by atoms with Gasteiger partial charge in [-0.25, -0.2) is 0 Å². The molecule has 0 aliphatic carbocycles. The summed E-state index contributed by atoms with van der Waals surface area (Å²) < 4.78 is 33.8. The number of halogens is 3. The van der Waals surface area contributed by atoms with Crippen molar-refractivity contribution in [2.75, 3.05) is 13.7 Å². The van der Waals surface area contributed by atoms with Gasteiger partial charge in [0.2, 0.25) is 6.67 Å². The molecular formula is C9H13F3N2O2. The lowest BCUT2D eigenvalue weighted by atomic mass is 10.5. The number of alkyl halides is 3. The summed E-state index contributed by atoms with van der Waals surface area (Å²) in [6, 6.07) is 0. The van der Waals surface area contributed by atoms with Crippen molar-refractivity contribution in [2.24, 2.45) is 0 Å². The van der Waals surface area contributed by atoms with Crippen LogP contribution >= 0.6 is 0 Å². The summed E-state index contributed by atoms with van der Waals surface area (Å²) in [4.78, 5) is 10.9. The Kier molecular flexibility index (Phi) is 5.00. The maximum Gasteiger partial charge on any atom is 0.430 e. The van der Waals surface area contributed by atoms with E-state index in [9.17, 15) is 13.2 Å². The van der Waals surface area contributed by atoms with Gasteiger partial charge in [-0.3, -0.25) is 0 Å². The molecule has 0 aromatic carbocycles. The Balaban J connectivity index is 0.000000293. The standard InChI is InChI=1S/C7H13N2.C2HF3O2/c1-7(2)9-5-4-8(3)6-9;3-2(4,5)1(6)7/h4-5H,6H2,1-3H3;(H,6,7)/q+1;/p-1. The number of carbonyl (C=O) groups is 1. The van der Waals surface area contributed by atoms with Crippen molar-refractivity contribution in [3.8, 4) is 0 Å². The van der Waals surface area contributed by atoms with Gasteiger partial charge in [-0.15, -0.1) is 0 Å². The van der Waals surface area contributed by atoms with Crippen molar-refractivity contribution in [3.63, 3.8) is 0 Å². The highest BCUT2D eigenvalue weighted by Crippen LogP contribution is 2.11. The number of carbonyl (C=O) groups excluding carboxylic acids is 1. The third-order valence-electron chi connectivity index (χ3n) is 1.68. The molecule has 0 fully saturated rings. The van der Waals surface area contributed by atoms with E-state index in [2.05, 4.69) is 42.8 Å². The highest BCUT2D eigenvalue weighted by atomic mass is 19.4. The summed E-state index contributed by atoms with van der Waals surface area (Å²) in [5, 5.41) is 8.78. The minimum atomic E-state index is -5.19. The van der Waals surface area contributed by atoms with Crippen LogP contribution in [0, 0.1) is 0 Å². The number of aliphatic carboxylic acids is 1. The number of carboxylic acids is 1. The summed E-state index contributed by atoms with van der Waals surface area (Å²) in [6.45, 7) is 5.23. The third-order valence-corrected chi connectivity index (χ3v) is 1.68. The van der Waals surface area contributed by atoms with Crippen molar-refractivity contribution >= 4 is 11.7 Å². The van der Waals surface area contributed by atoms with Gasteiger partial charge < -0.3 is 14.8 Å². The van der Waals surface area contributed by atoms with Gasteiger partial charge in [0.05, 0.1) is 6.20 Å². The first kappa shape index (κ1) is 14.5. The van der Waals surface area contributed by atoms with Crippen LogP contribution in [0.15, 0.2) is 12.4 Å². The Bertz CT molecular complexity index is 317. The predicted molar refractivity (Wildman–Crippen MR) is 49.4 cm³/mol. The molecule has 7 heteroatoms. The molecule has 0 saturated heterocycles. The summed E-state index contributed by atoms with van der Waals surface area (Å²) in [5.74, 6) is -3.01. The molecule has 1 aliphatic heterocycles. The summed E-state index contributed by atoms with van der Waals surface area (Å²) in [6.07, 6.45) is -1.03. The molecule has 4 nitrogen and oxygen atoms in total. The van der Waals surface area contributed by atoms with E-state index < -0.39 is 12.1 Å². The average molecular weight is 238 g/mol. The van der Waals surface area contributed by atoms with Crippen molar-refractivity contribution in [1.82, 2.24) is 4.90 Å². The van der Waals surface area contributed by atoms with Crippen LogP contribution in [-0.4, -0.2) is 41.0 Å². The van der Waals surface area contributed by atoms with Crippen molar-refractivity contribution < 1.29 is 27.6 Å². The molecular weight excluding hydrogens is 225 g/mol. The summed E-state index contributed by atoms with van der Waals surface area (Å²) in [5.41, 5.74) is 1.34. The van der Waals surface area contributed by atoms with E-state index in [1.807, 2.05) is 0 Å². The number of nitrogens with zero attached hydrogens (tertiary/aromatic N) is 2. The normalized spacial score (nSPS) is 14.6. The van der Waals surface area contributed by atoms with Crippen LogP contribution in [0.25, 0.3) is 0 Å². The molecule has 0 saturated carbocycles. The smallest absolute Gasteiger partial charge is 0.430 e. The molecule has 0 radical (unpaired) electrons. The fourth-order valence-electron chi connectivity index (χ4n) is 0.819. The Morgan fingerprint density at radius 2 is 1.88 bits per heavy atom. The number of rotatable bonds is 0. The second-order valence-electron chi connectivity index (χ2n) is 3.40. The summed E-state index contributed by atoms with van der Waals surface area (Å²) >= 11 is 0. The van der Waals surface area contributed by atoms with Crippen LogP contribution in [0.2, 0.25) is 0 Å². The molecule has 1 heterocycles. The Hall–Kier alpha value is -1.53. The van der Waals surface area contributed by atoms with E-state index in [1.165, 1.54) is 5.71 Å². The fraction of sp³-hybridized carbons (Fsp3) is 0.556. The monoisotopic (exact) mass is 238 g/mol. The maximum absolute atomic E-state index is 10.5. The number of hydrogen-bond donors (Lipinski definition) is 0. The molecule has 92 valence electrons. The highest BCUT2D eigenvalue weighted by Gasteiger charge is 2.28. The first-order valence-electron chi connectivity index (χ1n) is 4.38. The SMILES string of the molecule is CC(C)=[N+]1C=CN(C)C1.O=C([O-])C(F)(F)F. The molecule has 0 unspecified atom stereocenters. The molecule has 0 amide bonds. The van der Waals surface area contributed by atoms with Crippen LogP contribution in [-0.2, 0) is 4.79 Å². The molecule has 0 N–H and O–H groups in total. The van der Waals surface area contributed by atoms with E-state index in [4.69, 9.17) is 9.90 Å². The first-order chi connectivity index (χ1) is 7.14. The lowest BCUT2D eigenvalue weighted by Gasteiger charge is -2.03. The minimum Gasteiger partial charge on any atom is -0.542 e. The predicted octanol–water partition coefficient (Wildman–Crippen LogP) is 0.152. The quantitative estimate of drug-likeness (QED) is 0.564. The van der Waals surface area contributed by atoms with E-state index in [-0.39, 0.29) is 0 Å². The highest BCUT2D eigenvalue weighted by molar-refractivity contribution is 5.74. The fourth-order valence-corrected chi connectivity index (χ4v) is 0.819. The second kappa shape index (κ2) is 5.53. The maximum atomic E-state index is 10.5. The van der Waals surface area contributed by atoms with Crippen LogP contribution in [0.3, 0.4) is 0 Å². The largest absolute Gasteiger partial charge is 0.542 e. The van der Waals surface area contributed by atoms with Crippen molar-refractivity contribution in [1.29, 1.82) is 0 Å². The topological polar surface area (TPSA) is 46.4 Å². The molecule has 1 rings (SSSR count).